The first-order valence-electron chi connectivity index (χ1n) is 6.50. The molecule has 0 bridgehead atoms. The van der Waals surface area contributed by atoms with E-state index < -0.39 is 5.97 Å². The normalized spacial score (nSPS) is 10.8. The number of Topliss-reactive ketones (excluding diaryl/α,β-unsaturated/α-hetero) is 1. The zero-order valence-electron chi connectivity index (χ0n) is 11.6. The topological polar surface area (TPSA) is 43.4 Å². The van der Waals surface area contributed by atoms with Crippen LogP contribution in [0.1, 0.15) is 24.2 Å². The Morgan fingerprint density at radius 2 is 1.91 bits per heavy atom. The minimum Gasteiger partial charge on any atom is -0.453 e. The molecule has 0 saturated heterocycles. The van der Waals surface area contributed by atoms with Gasteiger partial charge in [-0.05, 0) is 25.1 Å². The van der Waals surface area contributed by atoms with Crippen molar-refractivity contribution in [3.8, 4) is 0 Å². The van der Waals surface area contributed by atoms with Gasteiger partial charge in [-0.2, -0.15) is 0 Å². The molecule has 0 atom stereocenters. The molecule has 0 spiro atoms. The van der Waals surface area contributed by atoms with E-state index in [9.17, 15) is 9.59 Å². The van der Waals surface area contributed by atoms with Gasteiger partial charge in [0.05, 0.1) is 9.90 Å². The lowest BCUT2D eigenvalue weighted by molar-refractivity contribution is 0.0481. The van der Waals surface area contributed by atoms with Gasteiger partial charge in [0.15, 0.2) is 6.61 Å². The number of aryl methyl sites for hydroxylation is 1. The number of benzene rings is 1. The van der Waals surface area contributed by atoms with Crippen molar-refractivity contribution in [2.75, 3.05) is 6.61 Å². The predicted molar refractivity (Wildman–Crippen MR) is 90.5 cm³/mol. The van der Waals surface area contributed by atoms with Crippen LogP contribution in [0.3, 0.4) is 0 Å². The van der Waals surface area contributed by atoms with Gasteiger partial charge in [-0.1, -0.05) is 29.8 Å². The molecule has 6 heteroatoms. The predicted octanol–water partition coefficient (Wildman–Crippen LogP) is 4.96. The van der Waals surface area contributed by atoms with E-state index in [0.717, 1.165) is 15.0 Å². The molecular weight excluding hydrogens is 340 g/mol. The molecule has 0 unspecified atom stereocenters. The Kier molecular flexibility index (Phi) is 4.29. The molecular formula is C16H11ClO3S2. The monoisotopic (exact) mass is 350 g/mol. The van der Waals surface area contributed by atoms with Crippen molar-refractivity contribution < 1.29 is 14.3 Å². The Morgan fingerprint density at radius 1 is 1.14 bits per heavy atom. The summed E-state index contributed by atoms with van der Waals surface area (Å²) in [6, 6.07) is 11.1. The first-order chi connectivity index (χ1) is 10.6. The molecule has 0 fully saturated rings. The lowest BCUT2D eigenvalue weighted by Crippen LogP contribution is -2.12. The van der Waals surface area contributed by atoms with Crippen molar-refractivity contribution in [3.05, 3.63) is 56.1 Å². The number of esters is 1. The molecule has 2 aromatic heterocycles. The highest BCUT2D eigenvalue weighted by molar-refractivity contribution is 7.21. The summed E-state index contributed by atoms with van der Waals surface area (Å²) < 4.78 is 6.02. The van der Waals surface area contributed by atoms with E-state index in [1.54, 1.807) is 6.07 Å². The van der Waals surface area contributed by atoms with Crippen molar-refractivity contribution in [2.24, 2.45) is 0 Å². The highest BCUT2D eigenvalue weighted by Gasteiger charge is 2.19. The average Bonchev–Trinajstić information content (AvgIpc) is 3.09. The molecule has 0 aliphatic heterocycles. The highest BCUT2D eigenvalue weighted by Crippen LogP contribution is 2.35. The number of ether oxygens (including phenoxy) is 1. The highest BCUT2D eigenvalue weighted by atomic mass is 35.5. The van der Waals surface area contributed by atoms with Crippen LogP contribution < -0.4 is 0 Å². The first-order valence-corrected chi connectivity index (χ1v) is 8.51. The third-order valence-corrected chi connectivity index (χ3v) is 5.77. The summed E-state index contributed by atoms with van der Waals surface area (Å²) in [5, 5.41) is 1.20. The van der Waals surface area contributed by atoms with E-state index in [-0.39, 0.29) is 12.4 Å². The number of halogens is 1. The smallest absolute Gasteiger partial charge is 0.350 e. The molecule has 0 N–H and O–H groups in total. The second kappa shape index (κ2) is 6.20. The maximum atomic E-state index is 12.1. The number of ketones is 1. The van der Waals surface area contributed by atoms with Crippen LogP contribution in [0.5, 0.6) is 0 Å². The van der Waals surface area contributed by atoms with Crippen LogP contribution in [-0.2, 0) is 4.74 Å². The molecule has 22 heavy (non-hydrogen) atoms. The zero-order valence-corrected chi connectivity index (χ0v) is 14.0. The number of rotatable bonds is 4. The van der Waals surface area contributed by atoms with Gasteiger partial charge in [0.2, 0.25) is 5.78 Å². The molecule has 112 valence electrons. The fourth-order valence-electron chi connectivity index (χ4n) is 2.00. The van der Waals surface area contributed by atoms with Crippen molar-refractivity contribution in [1.82, 2.24) is 0 Å². The van der Waals surface area contributed by atoms with Crippen LogP contribution >= 0.6 is 34.3 Å². The summed E-state index contributed by atoms with van der Waals surface area (Å²) in [4.78, 5) is 26.1. The summed E-state index contributed by atoms with van der Waals surface area (Å²) >= 11 is 8.87. The van der Waals surface area contributed by atoms with Crippen LogP contribution in [0.15, 0.2) is 36.4 Å². The Morgan fingerprint density at radius 3 is 2.59 bits per heavy atom. The molecule has 3 rings (SSSR count). The van der Waals surface area contributed by atoms with Crippen molar-refractivity contribution in [2.45, 2.75) is 6.92 Å². The molecule has 0 aliphatic rings. The van der Waals surface area contributed by atoms with Crippen LogP contribution in [0.25, 0.3) is 10.1 Å². The number of fused-ring (bicyclic) bond motifs is 1. The molecule has 0 radical (unpaired) electrons. The Bertz CT molecular complexity index is 863. The van der Waals surface area contributed by atoms with Crippen molar-refractivity contribution >= 4 is 56.1 Å². The van der Waals surface area contributed by atoms with E-state index in [2.05, 4.69) is 0 Å². The SMILES string of the molecule is Cc1ccc(C(=O)COC(=O)c2sc3ccccc3c2Cl)s1. The van der Waals surface area contributed by atoms with Gasteiger partial charge in [-0.25, -0.2) is 4.79 Å². The Labute approximate surface area is 140 Å². The maximum Gasteiger partial charge on any atom is 0.350 e. The standard InChI is InChI=1S/C16H11ClO3S2/c1-9-6-7-13(21-9)11(18)8-20-16(19)15-14(17)10-4-2-3-5-12(10)22-15/h2-7H,8H2,1H3. The van der Waals surface area contributed by atoms with Gasteiger partial charge in [-0.3, -0.25) is 4.79 Å². The second-order valence-electron chi connectivity index (χ2n) is 4.65. The maximum absolute atomic E-state index is 12.1. The lowest BCUT2D eigenvalue weighted by atomic mass is 10.2. The van der Waals surface area contributed by atoms with Gasteiger partial charge in [-0.15, -0.1) is 22.7 Å². The van der Waals surface area contributed by atoms with Gasteiger partial charge in [0.1, 0.15) is 4.88 Å². The quantitative estimate of drug-likeness (QED) is 0.493. The van der Waals surface area contributed by atoms with E-state index in [1.165, 1.54) is 22.7 Å². The van der Waals surface area contributed by atoms with E-state index in [0.29, 0.717) is 14.8 Å². The number of hydrogen-bond acceptors (Lipinski definition) is 5. The van der Waals surface area contributed by atoms with Crippen LogP contribution in [0, 0.1) is 6.92 Å². The molecule has 2 heterocycles. The summed E-state index contributed by atoms with van der Waals surface area (Å²) in [5.74, 6) is -0.767. The van der Waals surface area contributed by atoms with Gasteiger partial charge < -0.3 is 4.74 Å². The molecule has 3 nitrogen and oxygen atoms in total. The van der Waals surface area contributed by atoms with E-state index in [4.69, 9.17) is 16.3 Å². The summed E-state index contributed by atoms with van der Waals surface area (Å²) in [7, 11) is 0. The molecule has 0 aliphatic carbocycles. The van der Waals surface area contributed by atoms with Crippen LogP contribution in [-0.4, -0.2) is 18.4 Å². The Hall–Kier alpha value is -1.69. The fraction of sp³-hybridized carbons (Fsp3) is 0.125. The third-order valence-electron chi connectivity index (χ3n) is 3.07. The second-order valence-corrected chi connectivity index (χ2v) is 7.37. The summed E-state index contributed by atoms with van der Waals surface area (Å²) in [6.07, 6.45) is 0. The van der Waals surface area contributed by atoms with Crippen LogP contribution in [0.2, 0.25) is 5.02 Å². The van der Waals surface area contributed by atoms with Crippen LogP contribution in [0.4, 0.5) is 0 Å². The summed E-state index contributed by atoms with van der Waals surface area (Å²) in [5.41, 5.74) is 0. The lowest BCUT2D eigenvalue weighted by Gasteiger charge is -2.01. The first kappa shape index (κ1) is 15.2. The minimum absolute atomic E-state index is 0.205. The number of carbonyl (C=O) groups excluding carboxylic acids is 2. The third kappa shape index (κ3) is 2.92. The fourth-order valence-corrected chi connectivity index (χ4v) is 4.19. The number of carbonyl (C=O) groups is 2. The number of hydrogen-bond donors (Lipinski definition) is 0. The molecule has 3 aromatic rings. The Balaban J connectivity index is 1.73. The van der Waals surface area contributed by atoms with Gasteiger partial charge in [0.25, 0.3) is 0 Å². The van der Waals surface area contributed by atoms with Crippen molar-refractivity contribution in [3.63, 3.8) is 0 Å². The largest absolute Gasteiger partial charge is 0.453 e. The molecule has 0 saturated carbocycles. The van der Waals surface area contributed by atoms with Gasteiger partial charge >= 0.3 is 5.97 Å². The van der Waals surface area contributed by atoms with E-state index >= 15 is 0 Å². The minimum atomic E-state index is -0.562. The van der Waals surface area contributed by atoms with Gasteiger partial charge in [0, 0.05) is 15.0 Å². The van der Waals surface area contributed by atoms with E-state index in [1.807, 2.05) is 37.3 Å². The average molecular weight is 351 g/mol. The summed E-state index contributed by atoms with van der Waals surface area (Å²) in [6.45, 7) is 1.65. The molecule has 1 aromatic carbocycles. The van der Waals surface area contributed by atoms with Crippen molar-refractivity contribution in [1.29, 1.82) is 0 Å². The zero-order chi connectivity index (χ0) is 15.7. The molecule has 0 amide bonds. The number of thiophene rings is 2.